The summed E-state index contributed by atoms with van der Waals surface area (Å²) in [6, 6.07) is 2.27. The van der Waals surface area contributed by atoms with E-state index in [9.17, 15) is 0 Å². The van der Waals surface area contributed by atoms with Gasteiger partial charge in [0.15, 0.2) is 5.96 Å². The molecule has 23 heavy (non-hydrogen) atoms. The average molecular weight is 335 g/mol. The molecule has 1 aliphatic rings. The number of aliphatic imine (C=N–C) groups is 1. The number of nitrogens with zero attached hydrogens (tertiary/aromatic N) is 3. The highest BCUT2D eigenvalue weighted by Gasteiger charge is 2.16. The standard InChI is InChI=1S/C18H30N4S/c1-4-6-7-11-21(3)18(19-5-2)20-10-13-22-12-8-17-16(15-22)9-14-23-17/h4,9,14H,1,5-8,10-13,15H2,2-3H3,(H,19,20). The van der Waals surface area contributed by atoms with Crippen molar-refractivity contribution in [2.24, 2.45) is 4.99 Å². The molecule has 1 aliphatic heterocycles. The topological polar surface area (TPSA) is 30.9 Å². The van der Waals surface area contributed by atoms with Crippen LogP contribution in [0.25, 0.3) is 0 Å². The Bertz CT molecular complexity index is 509. The Kier molecular flexibility index (Phi) is 7.62. The maximum atomic E-state index is 4.80. The second kappa shape index (κ2) is 9.73. The molecule has 0 radical (unpaired) electrons. The van der Waals surface area contributed by atoms with Gasteiger partial charge in [-0.05, 0) is 43.2 Å². The number of unbranched alkanes of at least 4 members (excludes halogenated alkanes) is 1. The van der Waals surface area contributed by atoms with E-state index in [-0.39, 0.29) is 0 Å². The van der Waals surface area contributed by atoms with Gasteiger partial charge in [0.05, 0.1) is 6.54 Å². The lowest BCUT2D eigenvalue weighted by molar-refractivity contribution is 0.263. The Labute approximate surface area is 144 Å². The van der Waals surface area contributed by atoms with E-state index < -0.39 is 0 Å². The van der Waals surface area contributed by atoms with Gasteiger partial charge in [-0.1, -0.05) is 6.08 Å². The summed E-state index contributed by atoms with van der Waals surface area (Å²) in [6.45, 7) is 12.0. The molecule has 0 bridgehead atoms. The van der Waals surface area contributed by atoms with Gasteiger partial charge in [0.2, 0.25) is 0 Å². The molecule has 4 nitrogen and oxygen atoms in total. The lowest BCUT2D eigenvalue weighted by atomic mass is 10.1. The maximum Gasteiger partial charge on any atom is 0.193 e. The minimum Gasteiger partial charge on any atom is -0.357 e. The van der Waals surface area contributed by atoms with Crippen LogP contribution in [0.3, 0.4) is 0 Å². The van der Waals surface area contributed by atoms with Gasteiger partial charge in [0, 0.05) is 44.6 Å². The van der Waals surface area contributed by atoms with Crippen molar-refractivity contribution in [3.63, 3.8) is 0 Å². The first-order chi connectivity index (χ1) is 11.2. The van der Waals surface area contributed by atoms with Gasteiger partial charge >= 0.3 is 0 Å². The molecular formula is C18H30N4S. The quantitative estimate of drug-likeness (QED) is 0.343. The average Bonchev–Trinajstić information content (AvgIpc) is 3.02. The number of hydrogen-bond donors (Lipinski definition) is 1. The van der Waals surface area contributed by atoms with Crippen LogP contribution in [-0.4, -0.2) is 55.5 Å². The molecule has 0 saturated heterocycles. The van der Waals surface area contributed by atoms with Gasteiger partial charge in [-0.15, -0.1) is 17.9 Å². The van der Waals surface area contributed by atoms with Gasteiger partial charge in [-0.25, -0.2) is 0 Å². The fraction of sp³-hybridized carbons (Fsp3) is 0.611. The van der Waals surface area contributed by atoms with Crippen LogP contribution in [0.4, 0.5) is 0 Å². The molecule has 0 saturated carbocycles. The largest absolute Gasteiger partial charge is 0.357 e. The van der Waals surface area contributed by atoms with Crippen LogP contribution in [0, 0.1) is 0 Å². The van der Waals surface area contributed by atoms with E-state index in [0.29, 0.717) is 0 Å². The van der Waals surface area contributed by atoms with Crippen LogP contribution in [0.1, 0.15) is 30.2 Å². The zero-order valence-corrected chi connectivity index (χ0v) is 15.4. The fourth-order valence-corrected chi connectivity index (χ4v) is 3.73. The van der Waals surface area contributed by atoms with Crippen molar-refractivity contribution in [3.8, 4) is 0 Å². The fourth-order valence-electron chi connectivity index (χ4n) is 2.84. The molecule has 2 rings (SSSR count). The van der Waals surface area contributed by atoms with Crippen molar-refractivity contribution in [2.45, 2.75) is 32.7 Å². The highest BCUT2D eigenvalue weighted by atomic mass is 32.1. The maximum absolute atomic E-state index is 4.80. The number of thiophene rings is 1. The second-order valence-corrected chi connectivity index (χ2v) is 6.98. The van der Waals surface area contributed by atoms with Gasteiger partial charge in [-0.3, -0.25) is 9.89 Å². The van der Waals surface area contributed by atoms with Crippen LogP contribution < -0.4 is 5.32 Å². The Morgan fingerprint density at radius 1 is 1.57 bits per heavy atom. The van der Waals surface area contributed by atoms with Crippen LogP contribution in [0.5, 0.6) is 0 Å². The van der Waals surface area contributed by atoms with Crippen molar-refractivity contribution in [1.29, 1.82) is 0 Å². The summed E-state index contributed by atoms with van der Waals surface area (Å²) in [4.78, 5) is 11.1. The number of fused-ring (bicyclic) bond motifs is 1. The molecule has 0 aliphatic carbocycles. The third kappa shape index (κ3) is 5.66. The molecule has 0 spiro atoms. The van der Waals surface area contributed by atoms with Crippen LogP contribution in [0.15, 0.2) is 29.1 Å². The highest BCUT2D eigenvalue weighted by Crippen LogP contribution is 2.23. The Balaban J connectivity index is 1.80. The van der Waals surface area contributed by atoms with Gasteiger partial charge < -0.3 is 10.2 Å². The molecule has 5 heteroatoms. The lowest BCUT2D eigenvalue weighted by Crippen LogP contribution is -2.40. The van der Waals surface area contributed by atoms with E-state index in [1.54, 1.807) is 4.88 Å². The first-order valence-corrected chi connectivity index (χ1v) is 9.50. The van der Waals surface area contributed by atoms with Gasteiger partial charge in [0.1, 0.15) is 0 Å². The van der Waals surface area contributed by atoms with Crippen molar-refractivity contribution in [1.82, 2.24) is 15.1 Å². The summed E-state index contributed by atoms with van der Waals surface area (Å²) in [6.07, 6.45) is 5.35. The summed E-state index contributed by atoms with van der Waals surface area (Å²) in [5.41, 5.74) is 1.51. The molecule has 1 aromatic rings. The molecule has 0 aromatic carbocycles. The first kappa shape index (κ1) is 18.0. The minimum atomic E-state index is 0.855. The summed E-state index contributed by atoms with van der Waals surface area (Å²) in [5, 5.41) is 5.61. The smallest absolute Gasteiger partial charge is 0.193 e. The summed E-state index contributed by atoms with van der Waals surface area (Å²) in [7, 11) is 2.11. The Hall–Kier alpha value is -1.33. The summed E-state index contributed by atoms with van der Waals surface area (Å²) in [5.74, 6) is 1.02. The molecule has 1 N–H and O–H groups in total. The van der Waals surface area contributed by atoms with E-state index in [1.165, 1.54) is 12.0 Å². The number of allylic oxidation sites excluding steroid dienone is 1. The van der Waals surface area contributed by atoms with E-state index >= 15 is 0 Å². The van der Waals surface area contributed by atoms with E-state index in [0.717, 1.165) is 58.1 Å². The number of rotatable bonds is 8. The SMILES string of the molecule is C=CCCCN(C)C(=NCCN1CCc2sccc2C1)NCC. The van der Waals surface area contributed by atoms with Gasteiger partial charge in [0.25, 0.3) is 0 Å². The monoisotopic (exact) mass is 334 g/mol. The van der Waals surface area contributed by atoms with E-state index in [4.69, 9.17) is 4.99 Å². The third-order valence-electron chi connectivity index (χ3n) is 4.16. The molecule has 1 aromatic heterocycles. The predicted molar refractivity (Wildman–Crippen MR) is 101 cm³/mol. The second-order valence-electron chi connectivity index (χ2n) is 5.98. The van der Waals surface area contributed by atoms with Crippen LogP contribution in [-0.2, 0) is 13.0 Å². The zero-order chi connectivity index (χ0) is 16.5. The van der Waals surface area contributed by atoms with E-state index in [1.807, 2.05) is 17.4 Å². The highest BCUT2D eigenvalue weighted by molar-refractivity contribution is 7.10. The van der Waals surface area contributed by atoms with Crippen LogP contribution in [0.2, 0.25) is 0 Å². The summed E-state index contributed by atoms with van der Waals surface area (Å²) < 4.78 is 0. The molecule has 0 atom stereocenters. The normalized spacial score (nSPS) is 15.3. The molecule has 0 fully saturated rings. The Morgan fingerprint density at radius 2 is 2.43 bits per heavy atom. The van der Waals surface area contributed by atoms with Crippen molar-refractivity contribution < 1.29 is 0 Å². The summed E-state index contributed by atoms with van der Waals surface area (Å²) >= 11 is 1.90. The van der Waals surface area contributed by atoms with E-state index in [2.05, 4.69) is 47.1 Å². The molecule has 128 valence electrons. The van der Waals surface area contributed by atoms with Gasteiger partial charge in [-0.2, -0.15) is 0 Å². The minimum absolute atomic E-state index is 0.855. The zero-order valence-electron chi connectivity index (χ0n) is 14.6. The number of guanidine groups is 1. The lowest BCUT2D eigenvalue weighted by Gasteiger charge is -2.26. The third-order valence-corrected chi connectivity index (χ3v) is 5.19. The number of hydrogen-bond acceptors (Lipinski definition) is 3. The molecular weight excluding hydrogens is 304 g/mol. The molecule has 2 heterocycles. The van der Waals surface area contributed by atoms with Crippen molar-refractivity contribution >= 4 is 17.3 Å². The first-order valence-electron chi connectivity index (χ1n) is 8.62. The van der Waals surface area contributed by atoms with Crippen molar-refractivity contribution in [2.75, 3.05) is 39.8 Å². The predicted octanol–water partition coefficient (Wildman–Crippen LogP) is 2.97. The number of nitrogens with one attached hydrogen (secondary N) is 1. The Morgan fingerprint density at radius 3 is 3.22 bits per heavy atom. The van der Waals surface area contributed by atoms with Crippen molar-refractivity contribution in [3.05, 3.63) is 34.5 Å². The molecule has 0 unspecified atom stereocenters. The molecule has 0 amide bonds. The van der Waals surface area contributed by atoms with Crippen LogP contribution >= 0.6 is 11.3 Å².